The quantitative estimate of drug-likeness (QED) is 0.560. The lowest BCUT2D eigenvalue weighted by atomic mass is 9.99. The number of ether oxygens (including phenoxy) is 2. The lowest BCUT2D eigenvalue weighted by Gasteiger charge is -2.16. The molecule has 0 fully saturated rings. The van der Waals surface area contributed by atoms with Gasteiger partial charge in [0.15, 0.2) is 11.6 Å². The number of amides is 1. The van der Waals surface area contributed by atoms with Crippen LogP contribution in [-0.2, 0) is 13.5 Å². The fourth-order valence-corrected chi connectivity index (χ4v) is 3.55. The second-order valence-electron chi connectivity index (χ2n) is 8.32. The van der Waals surface area contributed by atoms with E-state index in [0.29, 0.717) is 47.2 Å². The van der Waals surface area contributed by atoms with Gasteiger partial charge in [-0.15, -0.1) is 5.10 Å². The summed E-state index contributed by atoms with van der Waals surface area (Å²) >= 11 is 0. The second-order valence-corrected chi connectivity index (χ2v) is 8.32. The molecule has 9 nitrogen and oxygen atoms in total. The molecular formula is C23H25N5O4. The third-order valence-corrected chi connectivity index (χ3v) is 4.99. The van der Waals surface area contributed by atoms with Crippen LogP contribution in [0.5, 0.6) is 17.2 Å². The number of nitrogens with zero attached hydrogens (tertiary/aromatic N) is 4. The van der Waals surface area contributed by atoms with Crippen LogP contribution in [0, 0.1) is 0 Å². The minimum Gasteiger partial charge on any atom is -0.487 e. The molecular weight excluding hydrogens is 410 g/mol. The summed E-state index contributed by atoms with van der Waals surface area (Å²) in [6, 6.07) is 6.73. The third kappa shape index (κ3) is 4.61. The van der Waals surface area contributed by atoms with Crippen LogP contribution >= 0.6 is 0 Å². The van der Waals surface area contributed by atoms with Crippen LogP contribution < -0.4 is 14.8 Å². The van der Waals surface area contributed by atoms with E-state index < -0.39 is 5.60 Å². The maximum Gasteiger partial charge on any atom is 0.257 e. The van der Waals surface area contributed by atoms with Crippen LogP contribution in [-0.4, -0.2) is 37.3 Å². The predicted octanol–water partition coefficient (Wildman–Crippen LogP) is 3.95. The molecule has 0 atom stereocenters. The van der Waals surface area contributed by atoms with Gasteiger partial charge in [0.2, 0.25) is 0 Å². The van der Waals surface area contributed by atoms with Gasteiger partial charge in [0.05, 0.1) is 12.4 Å². The molecule has 0 radical (unpaired) electrons. The Hall–Kier alpha value is -3.75. The van der Waals surface area contributed by atoms with Crippen molar-refractivity contribution in [2.45, 2.75) is 45.6 Å². The molecule has 0 bridgehead atoms. The zero-order valence-electron chi connectivity index (χ0n) is 18.5. The van der Waals surface area contributed by atoms with Crippen molar-refractivity contribution in [1.29, 1.82) is 0 Å². The number of carbonyl (C=O) groups excluding carboxylic acids is 2. The number of hydrogen-bond donors (Lipinski definition) is 1. The van der Waals surface area contributed by atoms with Crippen LogP contribution in [0.4, 0.5) is 5.82 Å². The standard InChI is InChI=1S/C23H25N5O4/c1-5-6-18(29)17-8-7-15(12-24-17)31-19-9-14(10-20-16(19)11-23(2,3)32-20)22(30)26-21-13-25-28(4)27-21/h7-10,12-13H,5-6,11H2,1-4H3,(H,26,27,30). The first-order chi connectivity index (χ1) is 15.2. The van der Waals surface area contributed by atoms with Gasteiger partial charge in [-0.2, -0.15) is 9.90 Å². The Labute approximate surface area is 185 Å². The molecule has 2 aromatic heterocycles. The Kier molecular flexibility index (Phi) is 5.65. The molecule has 1 aliphatic rings. The number of anilines is 1. The summed E-state index contributed by atoms with van der Waals surface area (Å²) in [6.45, 7) is 5.91. The highest BCUT2D eigenvalue weighted by atomic mass is 16.5. The molecule has 1 aromatic carbocycles. The highest BCUT2D eigenvalue weighted by Crippen LogP contribution is 2.43. The summed E-state index contributed by atoms with van der Waals surface area (Å²) in [7, 11) is 1.67. The largest absolute Gasteiger partial charge is 0.487 e. The predicted molar refractivity (Wildman–Crippen MR) is 117 cm³/mol. The Morgan fingerprint density at radius 3 is 2.72 bits per heavy atom. The van der Waals surface area contributed by atoms with E-state index in [1.165, 1.54) is 17.2 Å². The highest BCUT2D eigenvalue weighted by molar-refractivity contribution is 6.04. The zero-order chi connectivity index (χ0) is 22.9. The van der Waals surface area contributed by atoms with E-state index in [9.17, 15) is 9.59 Å². The van der Waals surface area contributed by atoms with Crippen molar-refractivity contribution in [2.24, 2.45) is 7.05 Å². The van der Waals surface area contributed by atoms with E-state index >= 15 is 0 Å². The molecule has 0 aliphatic carbocycles. The molecule has 0 saturated carbocycles. The Morgan fingerprint density at radius 1 is 1.25 bits per heavy atom. The molecule has 1 aliphatic heterocycles. The average Bonchev–Trinajstić information content (AvgIpc) is 3.29. The number of rotatable bonds is 7. The summed E-state index contributed by atoms with van der Waals surface area (Å²) in [4.78, 5) is 30.4. The number of carbonyl (C=O) groups is 2. The zero-order valence-corrected chi connectivity index (χ0v) is 18.5. The number of pyridine rings is 1. The van der Waals surface area contributed by atoms with Crippen LogP contribution in [0.3, 0.4) is 0 Å². The minimum atomic E-state index is -0.422. The molecule has 0 unspecified atom stereocenters. The summed E-state index contributed by atoms with van der Waals surface area (Å²) in [5, 5.41) is 10.7. The molecule has 1 N–H and O–H groups in total. The van der Waals surface area contributed by atoms with E-state index in [-0.39, 0.29) is 11.7 Å². The summed E-state index contributed by atoms with van der Waals surface area (Å²) in [5.41, 5.74) is 1.22. The number of hydrogen-bond acceptors (Lipinski definition) is 7. The smallest absolute Gasteiger partial charge is 0.257 e. The number of aromatic nitrogens is 4. The molecule has 0 saturated heterocycles. The highest BCUT2D eigenvalue weighted by Gasteiger charge is 2.34. The van der Waals surface area contributed by atoms with Gasteiger partial charge in [-0.25, -0.2) is 4.98 Å². The maximum atomic E-state index is 12.8. The lowest BCUT2D eigenvalue weighted by molar-refractivity contribution is 0.0975. The fourth-order valence-electron chi connectivity index (χ4n) is 3.55. The second kappa shape index (κ2) is 8.41. The summed E-state index contributed by atoms with van der Waals surface area (Å²) in [6.07, 6.45) is 4.84. The molecule has 32 heavy (non-hydrogen) atoms. The van der Waals surface area contributed by atoms with Gasteiger partial charge < -0.3 is 14.8 Å². The monoisotopic (exact) mass is 435 g/mol. The number of Topliss-reactive ketones (excluding diaryl/α,β-unsaturated/α-hetero) is 1. The van der Waals surface area contributed by atoms with Gasteiger partial charge in [0.25, 0.3) is 5.91 Å². The Balaban J connectivity index is 1.62. The fraction of sp³-hybridized carbons (Fsp3) is 0.348. The molecule has 0 spiro atoms. The molecule has 1 amide bonds. The summed E-state index contributed by atoms with van der Waals surface area (Å²) in [5.74, 6) is 1.56. The van der Waals surface area contributed by atoms with E-state index in [0.717, 1.165) is 12.0 Å². The van der Waals surface area contributed by atoms with E-state index in [2.05, 4.69) is 20.5 Å². The number of fused-ring (bicyclic) bond motifs is 1. The van der Waals surface area contributed by atoms with Crippen molar-refractivity contribution in [3.05, 3.63) is 53.5 Å². The van der Waals surface area contributed by atoms with Crippen LogP contribution in [0.2, 0.25) is 0 Å². The minimum absolute atomic E-state index is 0.00206. The third-order valence-electron chi connectivity index (χ3n) is 4.99. The van der Waals surface area contributed by atoms with Gasteiger partial charge in [-0.3, -0.25) is 9.59 Å². The van der Waals surface area contributed by atoms with Crippen LogP contribution in [0.1, 0.15) is 60.0 Å². The van der Waals surface area contributed by atoms with E-state index in [1.807, 2.05) is 20.8 Å². The average molecular weight is 435 g/mol. The van der Waals surface area contributed by atoms with Gasteiger partial charge >= 0.3 is 0 Å². The summed E-state index contributed by atoms with van der Waals surface area (Å²) < 4.78 is 12.1. The van der Waals surface area contributed by atoms with Gasteiger partial charge in [0.1, 0.15) is 28.5 Å². The molecule has 3 heterocycles. The first-order valence-electron chi connectivity index (χ1n) is 10.4. The van der Waals surface area contributed by atoms with E-state index in [1.54, 1.807) is 31.3 Å². The van der Waals surface area contributed by atoms with Crippen molar-refractivity contribution >= 4 is 17.5 Å². The SMILES string of the molecule is CCCC(=O)c1ccc(Oc2cc(C(=O)Nc3cnn(C)n3)cc3c2CC(C)(C)O3)cn1. The molecule has 3 aromatic rings. The first-order valence-corrected chi connectivity index (χ1v) is 10.4. The Morgan fingerprint density at radius 2 is 2.06 bits per heavy atom. The number of nitrogens with one attached hydrogen (secondary N) is 1. The number of ketones is 1. The first kappa shape index (κ1) is 21.5. The molecule has 9 heteroatoms. The molecule has 166 valence electrons. The van der Waals surface area contributed by atoms with Gasteiger partial charge in [0, 0.05) is 31.0 Å². The van der Waals surface area contributed by atoms with Crippen molar-refractivity contribution in [3.63, 3.8) is 0 Å². The number of aryl methyl sites for hydroxylation is 1. The van der Waals surface area contributed by atoms with Crippen molar-refractivity contribution in [3.8, 4) is 17.2 Å². The maximum absolute atomic E-state index is 12.8. The van der Waals surface area contributed by atoms with E-state index in [4.69, 9.17) is 9.47 Å². The number of benzene rings is 1. The van der Waals surface area contributed by atoms with Crippen molar-refractivity contribution in [1.82, 2.24) is 20.0 Å². The van der Waals surface area contributed by atoms with Crippen LogP contribution in [0.25, 0.3) is 0 Å². The van der Waals surface area contributed by atoms with Crippen molar-refractivity contribution in [2.75, 3.05) is 5.32 Å². The van der Waals surface area contributed by atoms with Gasteiger partial charge in [-0.05, 0) is 44.5 Å². The lowest BCUT2D eigenvalue weighted by Crippen LogP contribution is -2.24. The van der Waals surface area contributed by atoms with Gasteiger partial charge in [-0.1, -0.05) is 6.92 Å². The topological polar surface area (TPSA) is 108 Å². The molecule has 4 rings (SSSR count). The Bertz CT molecular complexity index is 1170. The normalized spacial score (nSPS) is 13.9. The van der Waals surface area contributed by atoms with Crippen LogP contribution in [0.15, 0.2) is 36.7 Å². The van der Waals surface area contributed by atoms with Crippen molar-refractivity contribution < 1.29 is 19.1 Å².